The predicted molar refractivity (Wildman–Crippen MR) is 46.0 cm³/mol. The molecule has 0 atom stereocenters. The largest absolute Gasteiger partial charge is 0.469 e. The molecule has 2 bridgehead atoms. The topological polar surface area (TPSA) is 61.5 Å². The third-order valence-corrected chi connectivity index (χ3v) is 3.26. The van der Waals surface area contributed by atoms with E-state index >= 15 is 0 Å². The van der Waals surface area contributed by atoms with Gasteiger partial charge in [-0.25, -0.2) is 0 Å². The molecule has 1 aliphatic carbocycles. The fraction of sp³-hybridized carbons (Fsp3) is 0.889. The van der Waals surface area contributed by atoms with Crippen molar-refractivity contribution in [1.82, 2.24) is 0 Å². The van der Waals surface area contributed by atoms with Crippen LogP contribution in [0.5, 0.6) is 0 Å². The Balaban J connectivity index is 2.10. The monoisotopic (exact) mass is 185 g/mol. The summed E-state index contributed by atoms with van der Waals surface area (Å²) >= 11 is 0. The van der Waals surface area contributed by atoms with Gasteiger partial charge in [0.25, 0.3) is 0 Å². The van der Waals surface area contributed by atoms with Crippen LogP contribution >= 0.6 is 0 Å². The van der Waals surface area contributed by atoms with Gasteiger partial charge >= 0.3 is 5.97 Å². The van der Waals surface area contributed by atoms with Gasteiger partial charge < -0.3 is 15.2 Å². The summed E-state index contributed by atoms with van der Waals surface area (Å²) in [5.41, 5.74) is 5.34. The first-order valence-electron chi connectivity index (χ1n) is 4.53. The Hall–Kier alpha value is -0.610. The summed E-state index contributed by atoms with van der Waals surface area (Å²) in [4.78, 5) is 11.4. The zero-order chi connectivity index (χ0) is 9.53. The van der Waals surface area contributed by atoms with Crippen molar-refractivity contribution >= 4 is 5.97 Å². The van der Waals surface area contributed by atoms with Crippen molar-refractivity contribution in [1.29, 1.82) is 0 Å². The lowest BCUT2D eigenvalue weighted by molar-refractivity contribution is -0.212. The number of carbonyl (C=O) groups excluding carboxylic acids is 1. The summed E-state index contributed by atoms with van der Waals surface area (Å²) < 4.78 is 10.1. The van der Waals surface area contributed by atoms with Crippen LogP contribution in [0, 0.1) is 10.8 Å². The number of hydrogen-bond donors (Lipinski definition) is 1. The van der Waals surface area contributed by atoms with E-state index in [0.717, 1.165) is 12.8 Å². The Labute approximate surface area is 77.4 Å². The second-order valence-corrected chi connectivity index (χ2v) is 4.32. The predicted octanol–water partition coefficient (Wildman–Crippen LogP) is -0.0851. The number of ether oxygens (including phenoxy) is 2. The van der Waals surface area contributed by atoms with Crippen molar-refractivity contribution in [3.05, 3.63) is 0 Å². The van der Waals surface area contributed by atoms with Crippen molar-refractivity contribution in [3.63, 3.8) is 0 Å². The van der Waals surface area contributed by atoms with E-state index < -0.39 is 0 Å². The summed E-state index contributed by atoms with van der Waals surface area (Å²) in [7, 11) is 1.42. The minimum absolute atomic E-state index is 0.0619. The minimum atomic E-state index is -0.369. The van der Waals surface area contributed by atoms with Gasteiger partial charge in [-0.05, 0) is 12.8 Å². The lowest BCUT2D eigenvalue weighted by Crippen LogP contribution is -2.63. The molecule has 2 saturated heterocycles. The Morgan fingerprint density at radius 2 is 2.23 bits per heavy atom. The van der Waals surface area contributed by atoms with E-state index in [0.29, 0.717) is 19.8 Å². The summed E-state index contributed by atoms with van der Waals surface area (Å²) in [5, 5.41) is 0. The van der Waals surface area contributed by atoms with Crippen molar-refractivity contribution in [2.24, 2.45) is 16.6 Å². The molecule has 0 radical (unpaired) electrons. The molecule has 0 amide bonds. The summed E-state index contributed by atoms with van der Waals surface area (Å²) in [6, 6.07) is 0. The molecule has 2 heterocycles. The fourth-order valence-corrected chi connectivity index (χ4v) is 2.67. The first-order chi connectivity index (χ1) is 6.16. The molecule has 0 aromatic rings. The second kappa shape index (κ2) is 2.69. The molecule has 1 saturated carbocycles. The van der Waals surface area contributed by atoms with Crippen molar-refractivity contribution < 1.29 is 14.3 Å². The highest BCUT2D eigenvalue weighted by molar-refractivity contribution is 5.78. The van der Waals surface area contributed by atoms with Crippen molar-refractivity contribution in [3.8, 4) is 0 Å². The van der Waals surface area contributed by atoms with Crippen molar-refractivity contribution in [2.75, 3.05) is 26.9 Å². The van der Waals surface area contributed by atoms with E-state index in [1.165, 1.54) is 7.11 Å². The smallest absolute Gasteiger partial charge is 0.314 e. The van der Waals surface area contributed by atoms with E-state index in [1.807, 2.05) is 0 Å². The molecule has 0 aromatic heterocycles. The van der Waals surface area contributed by atoms with Crippen LogP contribution in [0.2, 0.25) is 0 Å². The fourth-order valence-electron chi connectivity index (χ4n) is 2.67. The van der Waals surface area contributed by atoms with Gasteiger partial charge in [-0.2, -0.15) is 0 Å². The highest BCUT2D eigenvalue weighted by Crippen LogP contribution is 2.58. The molecule has 2 N–H and O–H groups in total. The highest BCUT2D eigenvalue weighted by atomic mass is 16.5. The summed E-state index contributed by atoms with van der Waals surface area (Å²) in [6.45, 7) is 1.80. The van der Waals surface area contributed by atoms with Gasteiger partial charge in [0.05, 0.1) is 25.7 Å². The van der Waals surface area contributed by atoms with E-state index in [2.05, 4.69) is 0 Å². The number of nitrogens with two attached hydrogens (primary N) is 1. The lowest BCUT2D eigenvalue weighted by atomic mass is 9.51. The van der Waals surface area contributed by atoms with Crippen LogP contribution in [0.25, 0.3) is 0 Å². The van der Waals surface area contributed by atoms with Gasteiger partial charge in [-0.3, -0.25) is 4.79 Å². The van der Waals surface area contributed by atoms with Crippen LogP contribution < -0.4 is 5.73 Å². The van der Waals surface area contributed by atoms with Gasteiger partial charge in [-0.15, -0.1) is 0 Å². The van der Waals surface area contributed by atoms with Crippen LogP contribution in [0.4, 0.5) is 0 Å². The van der Waals surface area contributed by atoms with Gasteiger partial charge in [-0.1, -0.05) is 0 Å². The summed E-state index contributed by atoms with van der Waals surface area (Å²) in [6.07, 6.45) is 1.67. The third kappa shape index (κ3) is 1.09. The van der Waals surface area contributed by atoms with Crippen LogP contribution in [-0.4, -0.2) is 32.8 Å². The van der Waals surface area contributed by atoms with E-state index in [4.69, 9.17) is 15.2 Å². The first kappa shape index (κ1) is 8.97. The van der Waals surface area contributed by atoms with Gasteiger partial charge in [0.15, 0.2) is 0 Å². The van der Waals surface area contributed by atoms with Gasteiger partial charge in [0, 0.05) is 12.0 Å². The zero-order valence-corrected chi connectivity index (χ0v) is 7.84. The minimum Gasteiger partial charge on any atom is -0.469 e. The number of methoxy groups -OCH3 is 1. The molecule has 4 heteroatoms. The Kier molecular flexibility index (Phi) is 1.85. The standard InChI is InChI=1S/C9H15NO3/c1-12-7(11)9-2-8(3-9,4-10)5-13-6-9/h2-6,10H2,1H3. The number of carbonyl (C=O) groups is 1. The second-order valence-electron chi connectivity index (χ2n) is 4.32. The lowest BCUT2D eigenvalue weighted by Gasteiger charge is -2.57. The average molecular weight is 185 g/mol. The molecule has 0 aromatic carbocycles. The third-order valence-electron chi connectivity index (χ3n) is 3.26. The average Bonchev–Trinajstić information content (AvgIpc) is 2.15. The van der Waals surface area contributed by atoms with E-state index in [1.54, 1.807) is 0 Å². The SMILES string of the molecule is COC(=O)C12COCC(CN)(C1)C2. The quantitative estimate of drug-likeness (QED) is 0.611. The molecule has 3 aliphatic rings. The van der Waals surface area contributed by atoms with Crippen molar-refractivity contribution in [2.45, 2.75) is 12.8 Å². The van der Waals surface area contributed by atoms with Crippen LogP contribution in [0.1, 0.15) is 12.8 Å². The molecule has 74 valence electrons. The van der Waals surface area contributed by atoms with Crippen LogP contribution in [-0.2, 0) is 14.3 Å². The molecule has 4 nitrogen and oxygen atoms in total. The Morgan fingerprint density at radius 3 is 2.77 bits per heavy atom. The van der Waals surface area contributed by atoms with E-state index in [-0.39, 0.29) is 16.8 Å². The molecule has 3 rings (SSSR count). The number of rotatable bonds is 2. The maximum Gasteiger partial charge on any atom is 0.314 e. The highest BCUT2D eigenvalue weighted by Gasteiger charge is 2.62. The number of esters is 1. The first-order valence-corrected chi connectivity index (χ1v) is 4.53. The number of hydrogen-bond acceptors (Lipinski definition) is 4. The molecular weight excluding hydrogens is 170 g/mol. The van der Waals surface area contributed by atoms with Gasteiger partial charge in [0.2, 0.25) is 0 Å². The molecular formula is C9H15NO3. The molecule has 13 heavy (non-hydrogen) atoms. The Morgan fingerprint density at radius 1 is 1.54 bits per heavy atom. The van der Waals surface area contributed by atoms with Crippen LogP contribution in [0.15, 0.2) is 0 Å². The molecule has 0 spiro atoms. The maximum atomic E-state index is 11.4. The molecule has 2 aliphatic heterocycles. The van der Waals surface area contributed by atoms with E-state index in [9.17, 15) is 4.79 Å². The summed E-state index contributed by atoms with van der Waals surface area (Å²) in [5.74, 6) is -0.142. The molecule has 3 fully saturated rings. The van der Waals surface area contributed by atoms with Gasteiger partial charge in [0.1, 0.15) is 0 Å². The zero-order valence-electron chi connectivity index (χ0n) is 7.84. The number of fused-ring (bicyclic) bond motifs is 2. The maximum absolute atomic E-state index is 11.4. The van der Waals surface area contributed by atoms with Crippen LogP contribution in [0.3, 0.4) is 0 Å². The normalized spacial score (nSPS) is 42.3. The molecule has 0 unspecified atom stereocenters. The Bertz CT molecular complexity index is 233.